The van der Waals surface area contributed by atoms with Crippen LogP contribution in [0.1, 0.15) is 47.4 Å². The second-order valence-corrected chi connectivity index (χ2v) is 15.9. The molecule has 2 heterocycles. The average Bonchev–Trinajstić information content (AvgIpc) is 3.35. The number of aromatic nitrogens is 1. The molecule has 0 saturated heterocycles. The summed E-state index contributed by atoms with van der Waals surface area (Å²) in [6, 6.07) is 7.76. The first-order chi connectivity index (χ1) is 16.3. The Kier molecular flexibility index (Phi) is 7.82. The summed E-state index contributed by atoms with van der Waals surface area (Å²) in [7, 11) is -0.0608. The highest BCUT2D eigenvalue weighted by molar-refractivity contribution is 7.20. The Hall–Kier alpha value is -3.02. The van der Waals surface area contributed by atoms with Crippen molar-refractivity contribution in [1.82, 2.24) is 9.88 Å². The van der Waals surface area contributed by atoms with Gasteiger partial charge in [-0.1, -0.05) is 20.8 Å². The predicted octanol–water partition coefficient (Wildman–Crippen LogP) is 5.54. The predicted molar refractivity (Wildman–Crippen MR) is 142 cm³/mol. The second kappa shape index (κ2) is 10.3. The largest absolute Gasteiger partial charge is 0.417 e. The number of carbonyl (C=O) groups is 2. The molecular weight excluding hydrogens is 484 g/mol. The highest BCUT2D eigenvalue weighted by Crippen LogP contribution is 2.36. The third-order valence-electron chi connectivity index (χ3n) is 6.31. The molecule has 188 valence electrons. The van der Waals surface area contributed by atoms with Gasteiger partial charge in [0.2, 0.25) is 0 Å². The molecule has 35 heavy (non-hydrogen) atoms. The molecule has 0 fully saturated rings. The fourth-order valence-electron chi connectivity index (χ4n) is 3.22. The SMILES string of the molecule is Cn1cc(NC(=O)c2cc3cc([N+](=O)[O-])ccc3s2)cc1C(=O)NCCCO[Si](C)(C)C(C)(C)C. The van der Waals surface area contributed by atoms with E-state index in [1.54, 1.807) is 36.0 Å². The number of nitrogens with zero attached hydrogens (tertiary/aromatic N) is 2. The summed E-state index contributed by atoms with van der Waals surface area (Å²) in [6.07, 6.45) is 2.39. The van der Waals surface area contributed by atoms with Crippen LogP contribution in [0.3, 0.4) is 0 Å². The van der Waals surface area contributed by atoms with E-state index in [4.69, 9.17) is 4.43 Å². The molecule has 0 unspecified atom stereocenters. The molecule has 0 aliphatic heterocycles. The Balaban J connectivity index is 1.56. The first-order valence-corrected chi connectivity index (χ1v) is 15.1. The second-order valence-electron chi connectivity index (χ2n) is 9.99. The van der Waals surface area contributed by atoms with Gasteiger partial charge in [0.15, 0.2) is 8.32 Å². The summed E-state index contributed by atoms with van der Waals surface area (Å²) in [6.45, 7) is 12.1. The monoisotopic (exact) mass is 516 g/mol. The molecule has 3 aromatic rings. The zero-order chi connectivity index (χ0) is 26.0. The molecule has 2 amide bonds. The van der Waals surface area contributed by atoms with E-state index in [9.17, 15) is 19.7 Å². The molecule has 0 bridgehead atoms. The molecule has 9 nitrogen and oxygen atoms in total. The van der Waals surface area contributed by atoms with Gasteiger partial charge < -0.3 is 19.6 Å². The van der Waals surface area contributed by atoms with E-state index in [1.807, 2.05) is 0 Å². The van der Waals surface area contributed by atoms with Gasteiger partial charge in [-0.05, 0) is 42.8 Å². The van der Waals surface area contributed by atoms with Gasteiger partial charge in [0, 0.05) is 48.6 Å². The first kappa shape index (κ1) is 26.6. The first-order valence-electron chi connectivity index (χ1n) is 11.4. The Morgan fingerprint density at radius 3 is 2.54 bits per heavy atom. The van der Waals surface area contributed by atoms with Crippen LogP contribution in [0.15, 0.2) is 36.5 Å². The number of aryl methyl sites for hydroxylation is 1. The van der Waals surface area contributed by atoms with Gasteiger partial charge in [0.1, 0.15) is 5.69 Å². The number of anilines is 1. The van der Waals surface area contributed by atoms with E-state index in [1.165, 1.54) is 23.5 Å². The topological polar surface area (TPSA) is 116 Å². The molecule has 0 atom stereocenters. The van der Waals surface area contributed by atoms with Gasteiger partial charge in [-0.3, -0.25) is 19.7 Å². The quantitative estimate of drug-likeness (QED) is 0.168. The number of nitro benzene ring substituents is 1. The van der Waals surface area contributed by atoms with Crippen LogP contribution in [0.4, 0.5) is 11.4 Å². The third-order valence-corrected chi connectivity index (χ3v) is 12.0. The molecule has 0 aliphatic carbocycles. The number of non-ortho nitro benzene ring substituents is 1. The highest BCUT2D eigenvalue weighted by atomic mass is 32.1. The summed E-state index contributed by atoms with van der Waals surface area (Å²) in [4.78, 5) is 36.3. The fourth-order valence-corrected chi connectivity index (χ4v) is 5.24. The minimum absolute atomic E-state index is 0.0208. The maximum atomic E-state index is 12.7. The molecule has 0 spiro atoms. The third kappa shape index (κ3) is 6.35. The van der Waals surface area contributed by atoms with Gasteiger partial charge in [0.25, 0.3) is 17.5 Å². The number of nitro groups is 1. The number of nitrogens with one attached hydrogen (secondary N) is 2. The number of hydrogen-bond acceptors (Lipinski definition) is 6. The van der Waals surface area contributed by atoms with Crippen LogP contribution >= 0.6 is 11.3 Å². The molecule has 0 aliphatic rings. The molecule has 3 rings (SSSR count). The van der Waals surface area contributed by atoms with Crippen LogP contribution in [-0.2, 0) is 11.5 Å². The van der Waals surface area contributed by atoms with E-state index >= 15 is 0 Å². The van der Waals surface area contributed by atoms with Gasteiger partial charge in [0.05, 0.1) is 15.5 Å². The van der Waals surface area contributed by atoms with Crippen molar-refractivity contribution in [3.63, 3.8) is 0 Å². The molecule has 2 aromatic heterocycles. The zero-order valence-corrected chi connectivity index (χ0v) is 22.7. The van der Waals surface area contributed by atoms with E-state index in [0.717, 1.165) is 11.1 Å². The van der Waals surface area contributed by atoms with Crippen LogP contribution in [0.2, 0.25) is 18.1 Å². The van der Waals surface area contributed by atoms with E-state index in [0.29, 0.717) is 34.8 Å². The molecule has 2 N–H and O–H groups in total. The number of fused-ring (bicyclic) bond motifs is 1. The minimum Gasteiger partial charge on any atom is -0.417 e. The smallest absolute Gasteiger partial charge is 0.270 e. The normalized spacial score (nSPS) is 12.1. The van der Waals surface area contributed by atoms with Crippen molar-refractivity contribution in [2.45, 2.75) is 45.3 Å². The van der Waals surface area contributed by atoms with Crippen molar-refractivity contribution in [3.05, 3.63) is 57.2 Å². The molecule has 11 heteroatoms. The summed E-state index contributed by atoms with van der Waals surface area (Å²) >= 11 is 1.25. The number of thiophene rings is 1. The Morgan fingerprint density at radius 2 is 1.89 bits per heavy atom. The maximum Gasteiger partial charge on any atom is 0.270 e. The Morgan fingerprint density at radius 1 is 1.17 bits per heavy atom. The van der Waals surface area contributed by atoms with Crippen LogP contribution in [0.25, 0.3) is 10.1 Å². The summed E-state index contributed by atoms with van der Waals surface area (Å²) < 4.78 is 8.58. The lowest BCUT2D eigenvalue weighted by atomic mass is 10.2. The summed E-state index contributed by atoms with van der Waals surface area (Å²) in [5.41, 5.74) is 0.900. The van der Waals surface area contributed by atoms with Gasteiger partial charge in [-0.2, -0.15) is 0 Å². The number of rotatable bonds is 9. The zero-order valence-electron chi connectivity index (χ0n) is 20.9. The molecule has 1 aromatic carbocycles. The Labute approximate surface area is 209 Å². The summed E-state index contributed by atoms with van der Waals surface area (Å²) in [5.74, 6) is -0.566. The van der Waals surface area contributed by atoms with E-state index in [-0.39, 0.29) is 22.5 Å². The standard InChI is InChI=1S/C24H32N4O5SSi/c1-24(2,3)35(5,6)33-11-7-10-25-22(29)19-14-17(15-27(19)4)26-23(30)21-13-16-12-18(28(31)32)8-9-20(16)34-21/h8-9,12-15H,7,10-11H2,1-6H3,(H,25,29)(H,26,30). The van der Waals surface area contributed by atoms with Crippen molar-refractivity contribution < 1.29 is 18.9 Å². The number of hydrogen-bond donors (Lipinski definition) is 2. The molecule has 0 radical (unpaired) electrons. The Bertz CT molecular complexity index is 1260. The average molecular weight is 517 g/mol. The number of amides is 2. The lowest BCUT2D eigenvalue weighted by Gasteiger charge is -2.36. The molecular formula is C24H32N4O5SSi. The van der Waals surface area contributed by atoms with E-state index < -0.39 is 13.2 Å². The van der Waals surface area contributed by atoms with Crippen molar-refractivity contribution in [2.24, 2.45) is 7.05 Å². The number of benzene rings is 1. The maximum absolute atomic E-state index is 12.7. The van der Waals surface area contributed by atoms with Crippen LogP contribution in [0, 0.1) is 10.1 Å². The van der Waals surface area contributed by atoms with Crippen molar-refractivity contribution in [3.8, 4) is 0 Å². The fraction of sp³-hybridized carbons (Fsp3) is 0.417. The van der Waals surface area contributed by atoms with E-state index in [2.05, 4.69) is 44.5 Å². The van der Waals surface area contributed by atoms with Gasteiger partial charge >= 0.3 is 0 Å². The van der Waals surface area contributed by atoms with Crippen LogP contribution in [-0.4, -0.2) is 42.8 Å². The van der Waals surface area contributed by atoms with Gasteiger partial charge in [-0.25, -0.2) is 0 Å². The van der Waals surface area contributed by atoms with Crippen LogP contribution < -0.4 is 10.6 Å². The van der Waals surface area contributed by atoms with Crippen molar-refractivity contribution in [2.75, 3.05) is 18.5 Å². The minimum atomic E-state index is -1.80. The summed E-state index contributed by atoms with van der Waals surface area (Å²) in [5, 5.41) is 17.5. The molecule has 0 saturated carbocycles. The van der Waals surface area contributed by atoms with Crippen LogP contribution in [0.5, 0.6) is 0 Å². The van der Waals surface area contributed by atoms with Crippen molar-refractivity contribution >= 4 is 52.9 Å². The lowest BCUT2D eigenvalue weighted by molar-refractivity contribution is -0.384. The lowest BCUT2D eigenvalue weighted by Crippen LogP contribution is -2.41. The number of carbonyl (C=O) groups excluding carboxylic acids is 2. The van der Waals surface area contributed by atoms with Crippen molar-refractivity contribution in [1.29, 1.82) is 0 Å². The van der Waals surface area contributed by atoms with Gasteiger partial charge in [-0.15, -0.1) is 11.3 Å². The highest BCUT2D eigenvalue weighted by Gasteiger charge is 2.36.